The zero-order valence-corrected chi connectivity index (χ0v) is 14.5. The van der Waals surface area contributed by atoms with Gasteiger partial charge in [0.25, 0.3) is 0 Å². The Hall–Kier alpha value is -2.12. The highest BCUT2D eigenvalue weighted by Crippen LogP contribution is 2.24. The molecule has 2 aromatic rings. The van der Waals surface area contributed by atoms with E-state index in [1.165, 1.54) is 0 Å². The molecule has 24 heavy (non-hydrogen) atoms. The lowest BCUT2D eigenvalue weighted by molar-refractivity contribution is 0.201. The SMILES string of the molecule is CN(C)[C@H]1CCN(C(=O)NCc2nc(-c3ccccc3Cl)no2)C1. The Morgan fingerprint density at radius 2 is 2.25 bits per heavy atom. The summed E-state index contributed by atoms with van der Waals surface area (Å²) in [6.45, 7) is 1.68. The first-order valence-corrected chi connectivity index (χ1v) is 8.19. The van der Waals surface area contributed by atoms with Gasteiger partial charge in [-0.15, -0.1) is 0 Å². The van der Waals surface area contributed by atoms with E-state index in [1.807, 2.05) is 32.3 Å². The van der Waals surface area contributed by atoms with Crippen molar-refractivity contribution in [2.45, 2.75) is 19.0 Å². The van der Waals surface area contributed by atoms with E-state index in [0.717, 1.165) is 19.5 Å². The molecule has 1 N–H and O–H groups in total. The zero-order valence-electron chi connectivity index (χ0n) is 13.7. The lowest BCUT2D eigenvalue weighted by Gasteiger charge is -2.20. The van der Waals surface area contributed by atoms with Gasteiger partial charge in [-0.25, -0.2) is 4.79 Å². The third-order valence-corrected chi connectivity index (χ3v) is 4.48. The van der Waals surface area contributed by atoms with Crippen molar-refractivity contribution in [2.24, 2.45) is 0 Å². The fourth-order valence-corrected chi connectivity index (χ4v) is 2.91. The number of likely N-dealkylation sites (N-methyl/N-ethyl adjacent to an activating group) is 1. The van der Waals surface area contributed by atoms with Gasteiger partial charge in [-0.3, -0.25) is 0 Å². The Balaban J connectivity index is 1.56. The average Bonchev–Trinajstić information content (AvgIpc) is 3.22. The van der Waals surface area contributed by atoms with Gasteiger partial charge < -0.3 is 19.6 Å². The summed E-state index contributed by atoms with van der Waals surface area (Å²) < 4.78 is 5.19. The van der Waals surface area contributed by atoms with Crippen LogP contribution in [-0.4, -0.2) is 59.2 Å². The second-order valence-electron chi connectivity index (χ2n) is 6.00. The summed E-state index contributed by atoms with van der Waals surface area (Å²) >= 11 is 6.12. The standard InChI is InChI=1S/C16H20ClN5O2/c1-21(2)11-7-8-22(10-11)16(23)18-9-14-19-15(20-24-14)12-5-3-4-6-13(12)17/h3-6,11H,7-10H2,1-2H3,(H,18,23)/t11-/m0/s1. The minimum atomic E-state index is -0.114. The van der Waals surface area contributed by atoms with Crippen molar-refractivity contribution in [3.05, 3.63) is 35.2 Å². The number of aromatic nitrogens is 2. The van der Waals surface area contributed by atoms with E-state index in [-0.39, 0.29) is 12.6 Å². The summed E-state index contributed by atoms with van der Waals surface area (Å²) in [5.41, 5.74) is 0.703. The molecule has 1 aromatic carbocycles. The van der Waals surface area contributed by atoms with Crippen LogP contribution in [0.3, 0.4) is 0 Å². The van der Waals surface area contributed by atoms with Crippen LogP contribution in [0.2, 0.25) is 5.02 Å². The van der Waals surface area contributed by atoms with Gasteiger partial charge in [-0.05, 0) is 32.6 Å². The molecule has 0 spiro atoms. The topological polar surface area (TPSA) is 74.5 Å². The van der Waals surface area contributed by atoms with E-state index in [4.69, 9.17) is 16.1 Å². The minimum Gasteiger partial charge on any atom is -0.337 e. The van der Waals surface area contributed by atoms with E-state index in [9.17, 15) is 4.79 Å². The first kappa shape index (κ1) is 16.7. The predicted octanol–water partition coefficient (Wildman–Crippen LogP) is 2.24. The van der Waals surface area contributed by atoms with Gasteiger partial charge in [0, 0.05) is 24.7 Å². The highest BCUT2D eigenvalue weighted by Gasteiger charge is 2.27. The lowest BCUT2D eigenvalue weighted by Crippen LogP contribution is -2.40. The minimum absolute atomic E-state index is 0.114. The summed E-state index contributed by atoms with van der Waals surface area (Å²) in [6.07, 6.45) is 0.984. The number of urea groups is 1. The fraction of sp³-hybridized carbons (Fsp3) is 0.438. The van der Waals surface area contributed by atoms with E-state index in [2.05, 4.69) is 20.4 Å². The molecule has 3 rings (SSSR count). The van der Waals surface area contributed by atoms with Gasteiger partial charge >= 0.3 is 6.03 Å². The number of carbonyl (C=O) groups excluding carboxylic acids is 1. The van der Waals surface area contributed by atoms with E-state index >= 15 is 0 Å². The molecule has 1 aromatic heterocycles. The molecule has 8 heteroatoms. The molecule has 0 saturated carbocycles. The van der Waals surface area contributed by atoms with Crippen LogP contribution in [0.15, 0.2) is 28.8 Å². The van der Waals surface area contributed by atoms with Gasteiger partial charge in [0.2, 0.25) is 11.7 Å². The van der Waals surface area contributed by atoms with Crippen molar-refractivity contribution in [2.75, 3.05) is 27.2 Å². The van der Waals surface area contributed by atoms with Crippen LogP contribution in [-0.2, 0) is 6.54 Å². The highest BCUT2D eigenvalue weighted by atomic mass is 35.5. The maximum atomic E-state index is 12.2. The fourth-order valence-electron chi connectivity index (χ4n) is 2.69. The number of nitrogens with zero attached hydrogens (tertiary/aromatic N) is 4. The summed E-state index contributed by atoms with van der Waals surface area (Å²) in [7, 11) is 4.06. The molecule has 1 saturated heterocycles. The third kappa shape index (κ3) is 3.68. The summed E-state index contributed by atoms with van der Waals surface area (Å²) in [5, 5.41) is 7.29. The van der Waals surface area contributed by atoms with Crippen molar-refractivity contribution in [1.29, 1.82) is 0 Å². The van der Waals surface area contributed by atoms with Crippen LogP contribution in [0.1, 0.15) is 12.3 Å². The van der Waals surface area contributed by atoms with Gasteiger partial charge in [0.1, 0.15) is 0 Å². The molecule has 1 fully saturated rings. The summed E-state index contributed by atoms with van der Waals surface area (Å²) in [4.78, 5) is 20.4. The molecule has 128 valence electrons. The Morgan fingerprint density at radius 3 is 2.96 bits per heavy atom. The summed E-state index contributed by atoms with van der Waals surface area (Å²) in [6, 6.07) is 7.57. The Labute approximate surface area is 145 Å². The molecule has 2 amide bonds. The number of halogens is 1. The van der Waals surface area contributed by atoms with E-state index < -0.39 is 0 Å². The van der Waals surface area contributed by atoms with Crippen LogP contribution in [0.5, 0.6) is 0 Å². The van der Waals surface area contributed by atoms with E-state index in [1.54, 1.807) is 11.0 Å². The maximum absolute atomic E-state index is 12.2. The number of amides is 2. The number of nitrogens with one attached hydrogen (secondary N) is 1. The van der Waals surface area contributed by atoms with Crippen molar-refractivity contribution >= 4 is 17.6 Å². The molecular weight excluding hydrogens is 330 g/mol. The van der Waals surface area contributed by atoms with Crippen LogP contribution in [0.25, 0.3) is 11.4 Å². The molecule has 7 nitrogen and oxygen atoms in total. The molecule has 0 bridgehead atoms. The Kier molecular flexibility index (Phi) is 5.01. The molecule has 1 aliphatic rings. The molecule has 0 unspecified atom stereocenters. The number of hydrogen-bond acceptors (Lipinski definition) is 5. The van der Waals surface area contributed by atoms with Crippen LogP contribution >= 0.6 is 11.6 Å². The number of carbonyl (C=O) groups is 1. The van der Waals surface area contributed by atoms with Gasteiger partial charge in [-0.1, -0.05) is 28.9 Å². The van der Waals surface area contributed by atoms with Crippen molar-refractivity contribution in [3.8, 4) is 11.4 Å². The molecule has 0 aliphatic carbocycles. The molecule has 1 atom stereocenters. The molecule has 0 radical (unpaired) electrons. The third-order valence-electron chi connectivity index (χ3n) is 4.15. The van der Waals surface area contributed by atoms with Crippen LogP contribution < -0.4 is 5.32 Å². The van der Waals surface area contributed by atoms with Crippen molar-refractivity contribution < 1.29 is 9.32 Å². The highest BCUT2D eigenvalue weighted by molar-refractivity contribution is 6.33. The average molecular weight is 350 g/mol. The lowest BCUT2D eigenvalue weighted by atomic mass is 10.2. The van der Waals surface area contributed by atoms with Gasteiger partial charge in [-0.2, -0.15) is 4.98 Å². The smallest absolute Gasteiger partial charge is 0.317 e. The van der Waals surface area contributed by atoms with Crippen LogP contribution in [0.4, 0.5) is 4.79 Å². The number of benzene rings is 1. The summed E-state index contributed by atoms with van der Waals surface area (Å²) in [5.74, 6) is 0.764. The second-order valence-corrected chi connectivity index (χ2v) is 6.41. The number of hydrogen-bond donors (Lipinski definition) is 1. The number of likely N-dealkylation sites (tertiary alicyclic amines) is 1. The molecule has 2 heterocycles. The maximum Gasteiger partial charge on any atom is 0.317 e. The zero-order chi connectivity index (χ0) is 17.1. The second kappa shape index (κ2) is 7.19. The van der Waals surface area contributed by atoms with E-state index in [0.29, 0.717) is 28.3 Å². The quantitative estimate of drug-likeness (QED) is 0.916. The monoisotopic (exact) mass is 349 g/mol. The van der Waals surface area contributed by atoms with Crippen molar-refractivity contribution in [1.82, 2.24) is 25.3 Å². The van der Waals surface area contributed by atoms with Crippen LogP contribution in [0, 0.1) is 0 Å². The Morgan fingerprint density at radius 1 is 1.46 bits per heavy atom. The van der Waals surface area contributed by atoms with Crippen molar-refractivity contribution in [3.63, 3.8) is 0 Å². The molecule has 1 aliphatic heterocycles. The largest absolute Gasteiger partial charge is 0.337 e. The number of rotatable bonds is 4. The normalized spacial score (nSPS) is 17.5. The first-order valence-electron chi connectivity index (χ1n) is 7.81. The molecular formula is C16H20ClN5O2. The van der Waals surface area contributed by atoms with Gasteiger partial charge in [0.05, 0.1) is 11.6 Å². The predicted molar refractivity (Wildman–Crippen MR) is 90.6 cm³/mol. The Bertz CT molecular complexity index is 718. The first-order chi connectivity index (χ1) is 11.5. The van der Waals surface area contributed by atoms with Gasteiger partial charge in [0.15, 0.2) is 0 Å².